The number of hydrogen-bond donors (Lipinski definition) is 0. The predicted molar refractivity (Wildman–Crippen MR) is 94.0 cm³/mol. The Bertz CT molecular complexity index is 321. The Morgan fingerprint density at radius 1 is 1.04 bits per heavy atom. The van der Waals surface area contributed by atoms with Gasteiger partial charge in [0.25, 0.3) is 0 Å². The first-order chi connectivity index (χ1) is 10.8. The first-order valence-corrected chi connectivity index (χ1v) is 9.12. The lowest BCUT2D eigenvalue weighted by molar-refractivity contribution is -0.873. The highest BCUT2D eigenvalue weighted by Crippen LogP contribution is 2.07. The van der Waals surface area contributed by atoms with Gasteiger partial charge in [-0.1, -0.05) is 38.3 Å². The second kappa shape index (κ2) is 13.6. The number of carbonyl (C=O) groups excluding carboxylic acids is 1. The van der Waals surface area contributed by atoms with Crippen LogP contribution in [0.2, 0.25) is 0 Å². The molecule has 1 unspecified atom stereocenters. The molecule has 0 aromatic carbocycles. The molecule has 23 heavy (non-hydrogen) atoms. The Morgan fingerprint density at radius 2 is 1.65 bits per heavy atom. The first kappa shape index (κ1) is 22.1. The molecule has 0 radical (unpaired) electrons. The van der Waals surface area contributed by atoms with Crippen molar-refractivity contribution < 1.29 is 19.1 Å². The third kappa shape index (κ3) is 17.3. The van der Waals surface area contributed by atoms with Crippen molar-refractivity contribution in [2.75, 3.05) is 34.3 Å². The van der Waals surface area contributed by atoms with Gasteiger partial charge in [0.05, 0.1) is 21.1 Å². The molecular weight excluding hydrogens is 290 g/mol. The molecule has 0 aliphatic carbocycles. The van der Waals surface area contributed by atoms with Gasteiger partial charge < -0.3 is 19.1 Å². The summed E-state index contributed by atoms with van der Waals surface area (Å²) in [5.41, 5.74) is 0. The fourth-order valence-electron chi connectivity index (χ4n) is 2.51. The lowest BCUT2D eigenvalue weighted by Crippen LogP contribution is -2.44. The molecule has 0 saturated heterocycles. The van der Waals surface area contributed by atoms with Crippen LogP contribution < -0.4 is 5.11 Å². The van der Waals surface area contributed by atoms with E-state index >= 15 is 0 Å². The van der Waals surface area contributed by atoms with Gasteiger partial charge in [-0.3, -0.25) is 0 Å². The molecular formula is C19H37NO3. The molecule has 0 saturated carbocycles. The quantitative estimate of drug-likeness (QED) is 0.264. The maximum atomic E-state index is 10.8. The molecule has 0 bridgehead atoms. The van der Waals surface area contributed by atoms with Gasteiger partial charge in [-0.05, 0) is 32.1 Å². The second-order valence-corrected chi connectivity index (χ2v) is 7.36. The van der Waals surface area contributed by atoms with Gasteiger partial charge >= 0.3 is 0 Å². The molecule has 0 spiro atoms. The van der Waals surface area contributed by atoms with Gasteiger partial charge in [0.2, 0.25) is 0 Å². The standard InChI is InChI=1S/C19H37NO3/c1-5-6-7-8-9-10-11-12-13-14-15-23-18(16-19(21)22)17-20(2,3)4/h10-11,18H,5-9,12-17H2,1-4H3. The van der Waals surface area contributed by atoms with Crippen molar-refractivity contribution in [3.05, 3.63) is 12.2 Å². The summed E-state index contributed by atoms with van der Waals surface area (Å²) in [6.45, 7) is 3.55. The van der Waals surface area contributed by atoms with Crippen LogP contribution in [0.3, 0.4) is 0 Å². The maximum Gasteiger partial charge on any atom is 0.112 e. The zero-order chi connectivity index (χ0) is 17.6. The van der Waals surface area contributed by atoms with Gasteiger partial charge in [0.15, 0.2) is 0 Å². The Morgan fingerprint density at radius 3 is 2.17 bits per heavy atom. The van der Waals surface area contributed by atoms with Crippen molar-refractivity contribution in [3.8, 4) is 0 Å². The van der Waals surface area contributed by atoms with E-state index in [0.717, 1.165) is 19.3 Å². The number of likely N-dealkylation sites (N-methyl/N-ethyl adjacent to an activating group) is 1. The normalized spacial score (nSPS) is 13.6. The Balaban J connectivity index is 3.69. The topological polar surface area (TPSA) is 49.4 Å². The molecule has 0 heterocycles. The number of nitrogens with zero attached hydrogens (tertiary/aromatic N) is 1. The maximum absolute atomic E-state index is 10.8. The van der Waals surface area contributed by atoms with Crippen LogP contribution in [0.1, 0.15) is 64.7 Å². The highest BCUT2D eigenvalue weighted by Gasteiger charge is 2.18. The van der Waals surface area contributed by atoms with E-state index in [4.69, 9.17) is 4.74 Å². The average Bonchev–Trinajstić information content (AvgIpc) is 2.42. The first-order valence-electron chi connectivity index (χ1n) is 9.12. The third-order valence-corrected chi connectivity index (χ3v) is 3.66. The van der Waals surface area contributed by atoms with Crippen molar-refractivity contribution in [2.24, 2.45) is 0 Å². The molecule has 136 valence electrons. The molecule has 0 amide bonds. The molecule has 0 fully saturated rings. The van der Waals surface area contributed by atoms with Crippen molar-refractivity contribution in [1.82, 2.24) is 0 Å². The fourth-order valence-corrected chi connectivity index (χ4v) is 2.51. The van der Waals surface area contributed by atoms with E-state index in [-0.39, 0.29) is 12.5 Å². The average molecular weight is 328 g/mol. The minimum absolute atomic E-state index is 0.0207. The molecule has 0 rings (SSSR count). The van der Waals surface area contributed by atoms with E-state index < -0.39 is 5.97 Å². The number of allylic oxidation sites excluding steroid dienone is 2. The second-order valence-electron chi connectivity index (χ2n) is 7.36. The minimum atomic E-state index is -1.03. The number of unbranched alkanes of at least 4 members (excludes halogenated alkanes) is 6. The van der Waals surface area contributed by atoms with Crippen molar-refractivity contribution in [2.45, 2.75) is 70.8 Å². The van der Waals surface area contributed by atoms with Gasteiger partial charge in [-0.15, -0.1) is 0 Å². The van der Waals surface area contributed by atoms with Crippen LogP contribution >= 0.6 is 0 Å². The number of aliphatic carboxylic acids is 1. The number of carbonyl (C=O) groups is 1. The Kier molecular flexibility index (Phi) is 13.0. The zero-order valence-electron chi connectivity index (χ0n) is 15.7. The fraction of sp³-hybridized carbons (Fsp3) is 0.842. The van der Waals surface area contributed by atoms with Crippen LogP contribution in [-0.2, 0) is 9.53 Å². The van der Waals surface area contributed by atoms with E-state index in [1.807, 2.05) is 21.1 Å². The van der Waals surface area contributed by atoms with Gasteiger partial charge in [-0.25, -0.2) is 0 Å². The smallest absolute Gasteiger partial charge is 0.112 e. The summed E-state index contributed by atoms with van der Waals surface area (Å²) in [7, 11) is 6.12. The highest BCUT2D eigenvalue weighted by atomic mass is 16.5. The van der Waals surface area contributed by atoms with Crippen LogP contribution in [0.15, 0.2) is 12.2 Å². The van der Waals surface area contributed by atoms with Crippen molar-refractivity contribution >= 4 is 5.97 Å². The van der Waals surface area contributed by atoms with Crippen LogP contribution in [-0.4, -0.2) is 50.9 Å². The van der Waals surface area contributed by atoms with E-state index in [2.05, 4.69) is 19.1 Å². The molecule has 0 N–H and O–H groups in total. The molecule has 0 aromatic heterocycles. The van der Waals surface area contributed by atoms with Crippen LogP contribution in [0, 0.1) is 0 Å². The number of carboxylic acid groups (broad SMARTS) is 1. The SMILES string of the molecule is CCCCCCC=CCCCCOC(CC(=O)[O-])C[N+](C)(C)C. The summed E-state index contributed by atoms with van der Waals surface area (Å²) >= 11 is 0. The number of carboxylic acids is 1. The molecule has 4 heteroatoms. The largest absolute Gasteiger partial charge is 0.550 e. The van der Waals surface area contributed by atoms with E-state index in [9.17, 15) is 9.90 Å². The summed E-state index contributed by atoms with van der Waals surface area (Å²) in [5, 5.41) is 10.8. The number of rotatable bonds is 15. The monoisotopic (exact) mass is 327 g/mol. The highest BCUT2D eigenvalue weighted by molar-refractivity contribution is 5.64. The van der Waals surface area contributed by atoms with Crippen LogP contribution in [0.25, 0.3) is 0 Å². The van der Waals surface area contributed by atoms with E-state index in [1.165, 1.54) is 32.1 Å². The van der Waals surface area contributed by atoms with E-state index in [1.54, 1.807) is 0 Å². The van der Waals surface area contributed by atoms with E-state index in [0.29, 0.717) is 17.6 Å². The zero-order valence-corrected chi connectivity index (χ0v) is 15.7. The third-order valence-electron chi connectivity index (χ3n) is 3.66. The number of quaternary nitrogens is 1. The number of hydrogen-bond acceptors (Lipinski definition) is 3. The van der Waals surface area contributed by atoms with Gasteiger partial charge in [-0.2, -0.15) is 0 Å². The van der Waals surface area contributed by atoms with Gasteiger partial charge in [0, 0.05) is 19.0 Å². The van der Waals surface area contributed by atoms with Gasteiger partial charge in [0.1, 0.15) is 12.6 Å². The number of ether oxygens (including phenoxy) is 1. The van der Waals surface area contributed by atoms with Crippen molar-refractivity contribution in [1.29, 1.82) is 0 Å². The summed E-state index contributed by atoms with van der Waals surface area (Å²) in [6, 6.07) is 0. The Labute approximate surface area is 143 Å². The molecule has 0 aromatic rings. The lowest BCUT2D eigenvalue weighted by atomic mass is 10.1. The minimum Gasteiger partial charge on any atom is -0.550 e. The molecule has 1 atom stereocenters. The lowest BCUT2D eigenvalue weighted by Gasteiger charge is -2.29. The summed E-state index contributed by atoms with van der Waals surface area (Å²) in [5.74, 6) is -1.03. The summed E-state index contributed by atoms with van der Waals surface area (Å²) in [6.07, 6.45) is 13.9. The molecule has 0 aliphatic heterocycles. The molecule has 4 nitrogen and oxygen atoms in total. The van der Waals surface area contributed by atoms with Crippen LogP contribution in [0.5, 0.6) is 0 Å². The molecule has 0 aliphatic rings. The Hall–Kier alpha value is -0.870. The van der Waals surface area contributed by atoms with Crippen molar-refractivity contribution in [3.63, 3.8) is 0 Å². The predicted octanol–water partition coefficient (Wildman–Crippen LogP) is 2.91. The van der Waals surface area contributed by atoms with Crippen LogP contribution in [0.4, 0.5) is 0 Å². The summed E-state index contributed by atoms with van der Waals surface area (Å²) < 4.78 is 6.43. The summed E-state index contributed by atoms with van der Waals surface area (Å²) in [4.78, 5) is 10.8.